The minimum Gasteiger partial charge on any atom is -0.390 e. The minimum atomic E-state index is -0.271. The number of aliphatic hydroxyl groups is 1. The summed E-state index contributed by atoms with van der Waals surface area (Å²) in [5.74, 6) is -0.271. The predicted molar refractivity (Wildman–Crippen MR) is 55.6 cm³/mol. The summed E-state index contributed by atoms with van der Waals surface area (Å²) in [6.45, 7) is -0.137. The minimum absolute atomic E-state index is 0.137. The standard InChI is InChI=1S/C12H10FNO/c13-12-4-2-1-3-11(12)9-5-6-14-10(7-9)8-15/h1-7,15H,8H2. The highest BCUT2D eigenvalue weighted by Gasteiger charge is 2.04. The first-order valence-corrected chi connectivity index (χ1v) is 4.62. The van der Waals surface area contributed by atoms with Crippen molar-refractivity contribution in [2.45, 2.75) is 6.61 Å². The summed E-state index contributed by atoms with van der Waals surface area (Å²) in [6, 6.07) is 9.93. The van der Waals surface area contributed by atoms with Crippen LogP contribution in [0.4, 0.5) is 4.39 Å². The highest BCUT2D eigenvalue weighted by molar-refractivity contribution is 5.63. The summed E-state index contributed by atoms with van der Waals surface area (Å²) in [6.07, 6.45) is 1.56. The molecule has 0 spiro atoms. The van der Waals surface area contributed by atoms with Crippen molar-refractivity contribution in [1.29, 1.82) is 0 Å². The fourth-order valence-electron chi connectivity index (χ4n) is 1.43. The van der Waals surface area contributed by atoms with Gasteiger partial charge in [-0.15, -0.1) is 0 Å². The van der Waals surface area contributed by atoms with Crippen LogP contribution < -0.4 is 0 Å². The number of pyridine rings is 1. The molecule has 0 atom stereocenters. The summed E-state index contributed by atoms with van der Waals surface area (Å²) in [5, 5.41) is 8.92. The number of nitrogens with zero attached hydrogens (tertiary/aromatic N) is 1. The van der Waals surface area contributed by atoms with Crippen molar-refractivity contribution in [3.63, 3.8) is 0 Å². The first-order valence-electron chi connectivity index (χ1n) is 4.62. The van der Waals surface area contributed by atoms with E-state index in [4.69, 9.17) is 5.11 Å². The van der Waals surface area contributed by atoms with Gasteiger partial charge in [-0.2, -0.15) is 0 Å². The molecule has 0 aliphatic rings. The molecular weight excluding hydrogens is 193 g/mol. The Morgan fingerprint density at radius 3 is 2.73 bits per heavy atom. The maximum absolute atomic E-state index is 13.4. The monoisotopic (exact) mass is 203 g/mol. The van der Waals surface area contributed by atoms with Crippen LogP contribution in [0.5, 0.6) is 0 Å². The maximum atomic E-state index is 13.4. The first-order chi connectivity index (χ1) is 7.31. The van der Waals surface area contributed by atoms with Crippen molar-refractivity contribution in [1.82, 2.24) is 4.98 Å². The van der Waals surface area contributed by atoms with Gasteiger partial charge in [0.2, 0.25) is 0 Å². The molecule has 0 aliphatic heterocycles. The van der Waals surface area contributed by atoms with E-state index in [0.717, 1.165) is 5.56 Å². The molecule has 0 saturated carbocycles. The highest BCUT2D eigenvalue weighted by atomic mass is 19.1. The molecule has 2 nitrogen and oxygen atoms in total. The second kappa shape index (κ2) is 4.19. The molecule has 0 unspecified atom stereocenters. The van der Waals surface area contributed by atoms with Gasteiger partial charge in [0.1, 0.15) is 5.82 Å². The molecule has 2 rings (SSSR count). The van der Waals surface area contributed by atoms with Crippen LogP contribution in [0.15, 0.2) is 42.6 Å². The molecule has 0 bridgehead atoms. The molecule has 0 amide bonds. The molecule has 1 aromatic heterocycles. The molecule has 15 heavy (non-hydrogen) atoms. The van der Waals surface area contributed by atoms with Gasteiger partial charge < -0.3 is 5.11 Å². The zero-order valence-electron chi connectivity index (χ0n) is 8.02. The zero-order valence-corrected chi connectivity index (χ0v) is 8.02. The third-order valence-corrected chi connectivity index (χ3v) is 2.16. The van der Waals surface area contributed by atoms with Gasteiger partial charge in [-0.25, -0.2) is 4.39 Å². The Balaban J connectivity index is 2.49. The quantitative estimate of drug-likeness (QED) is 0.812. The largest absolute Gasteiger partial charge is 0.390 e. The van der Waals surface area contributed by atoms with Crippen molar-refractivity contribution in [3.05, 3.63) is 54.1 Å². The van der Waals surface area contributed by atoms with Gasteiger partial charge in [-0.1, -0.05) is 18.2 Å². The third-order valence-electron chi connectivity index (χ3n) is 2.16. The molecule has 0 fully saturated rings. The number of rotatable bonds is 2. The third kappa shape index (κ3) is 2.02. The molecule has 2 aromatic rings. The van der Waals surface area contributed by atoms with E-state index in [1.165, 1.54) is 6.07 Å². The number of hydrogen-bond donors (Lipinski definition) is 1. The lowest BCUT2D eigenvalue weighted by Gasteiger charge is -2.04. The second-order valence-corrected chi connectivity index (χ2v) is 3.17. The van der Waals surface area contributed by atoms with E-state index in [1.54, 1.807) is 36.5 Å². The van der Waals surface area contributed by atoms with E-state index >= 15 is 0 Å². The Labute approximate surface area is 87.0 Å². The number of halogens is 1. The van der Waals surface area contributed by atoms with Gasteiger partial charge in [0.25, 0.3) is 0 Å². The Morgan fingerprint density at radius 1 is 1.20 bits per heavy atom. The topological polar surface area (TPSA) is 33.1 Å². The van der Waals surface area contributed by atoms with E-state index in [-0.39, 0.29) is 12.4 Å². The predicted octanol–water partition coefficient (Wildman–Crippen LogP) is 2.38. The number of aliphatic hydroxyl groups excluding tert-OH is 1. The maximum Gasteiger partial charge on any atom is 0.131 e. The van der Waals surface area contributed by atoms with Crippen molar-refractivity contribution in [2.24, 2.45) is 0 Å². The SMILES string of the molecule is OCc1cc(-c2ccccc2F)ccn1. The van der Waals surface area contributed by atoms with E-state index in [2.05, 4.69) is 4.98 Å². The van der Waals surface area contributed by atoms with Crippen LogP contribution in [-0.4, -0.2) is 10.1 Å². The van der Waals surface area contributed by atoms with E-state index in [0.29, 0.717) is 11.3 Å². The Bertz CT molecular complexity index is 471. The lowest BCUT2D eigenvalue weighted by Crippen LogP contribution is -1.90. The van der Waals surface area contributed by atoms with Crippen molar-refractivity contribution in [3.8, 4) is 11.1 Å². The van der Waals surface area contributed by atoms with E-state index in [1.807, 2.05) is 0 Å². The lowest BCUT2D eigenvalue weighted by molar-refractivity contribution is 0.277. The number of aromatic nitrogens is 1. The van der Waals surface area contributed by atoms with Gasteiger partial charge in [-0.05, 0) is 23.8 Å². The van der Waals surface area contributed by atoms with Crippen molar-refractivity contribution >= 4 is 0 Å². The van der Waals surface area contributed by atoms with Gasteiger partial charge in [0.15, 0.2) is 0 Å². The van der Waals surface area contributed by atoms with Crippen LogP contribution in [-0.2, 0) is 6.61 Å². The molecule has 1 aromatic carbocycles. The van der Waals surface area contributed by atoms with Gasteiger partial charge >= 0.3 is 0 Å². The van der Waals surface area contributed by atoms with Crippen LogP contribution in [0.25, 0.3) is 11.1 Å². The molecular formula is C12H10FNO. The normalized spacial score (nSPS) is 10.3. The van der Waals surface area contributed by atoms with Crippen LogP contribution in [0.1, 0.15) is 5.69 Å². The van der Waals surface area contributed by atoms with E-state index < -0.39 is 0 Å². The average molecular weight is 203 g/mol. The molecule has 0 radical (unpaired) electrons. The van der Waals surface area contributed by atoms with Crippen LogP contribution in [0.3, 0.4) is 0 Å². The smallest absolute Gasteiger partial charge is 0.131 e. The number of hydrogen-bond acceptors (Lipinski definition) is 2. The molecule has 3 heteroatoms. The van der Waals surface area contributed by atoms with Crippen molar-refractivity contribution in [2.75, 3.05) is 0 Å². The Morgan fingerprint density at radius 2 is 2.00 bits per heavy atom. The van der Waals surface area contributed by atoms with Gasteiger partial charge in [-0.3, -0.25) is 4.98 Å². The summed E-state index contributed by atoms with van der Waals surface area (Å²) >= 11 is 0. The lowest BCUT2D eigenvalue weighted by atomic mass is 10.1. The number of benzene rings is 1. The summed E-state index contributed by atoms with van der Waals surface area (Å²) < 4.78 is 13.4. The highest BCUT2D eigenvalue weighted by Crippen LogP contribution is 2.22. The zero-order chi connectivity index (χ0) is 10.7. The molecule has 76 valence electrons. The average Bonchev–Trinajstić information content (AvgIpc) is 2.30. The molecule has 1 heterocycles. The molecule has 0 saturated heterocycles. The molecule has 0 aliphatic carbocycles. The fraction of sp³-hybridized carbons (Fsp3) is 0.0833. The molecule has 1 N–H and O–H groups in total. The Hall–Kier alpha value is -1.74. The van der Waals surface area contributed by atoms with E-state index in [9.17, 15) is 4.39 Å². The Kier molecular flexibility index (Phi) is 2.74. The van der Waals surface area contributed by atoms with Crippen molar-refractivity contribution < 1.29 is 9.50 Å². The first kappa shape index (κ1) is 9.80. The second-order valence-electron chi connectivity index (χ2n) is 3.17. The van der Waals surface area contributed by atoms with Crippen LogP contribution in [0.2, 0.25) is 0 Å². The fourth-order valence-corrected chi connectivity index (χ4v) is 1.43. The van der Waals surface area contributed by atoms with Gasteiger partial charge in [0.05, 0.1) is 12.3 Å². The van der Waals surface area contributed by atoms with Crippen LogP contribution in [0, 0.1) is 5.82 Å². The summed E-state index contributed by atoms with van der Waals surface area (Å²) in [4.78, 5) is 3.94. The van der Waals surface area contributed by atoms with Gasteiger partial charge in [0, 0.05) is 11.8 Å². The summed E-state index contributed by atoms with van der Waals surface area (Å²) in [7, 11) is 0. The summed E-state index contributed by atoms with van der Waals surface area (Å²) in [5.41, 5.74) is 1.79. The van der Waals surface area contributed by atoms with Crippen LogP contribution >= 0.6 is 0 Å².